The van der Waals surface area contributed by atoms with Gasteiger partial charge in [-0.1, -0.05) is 19.9 Å². The number of methoxy groups -OCH3 is 1. The summed E-state index contributed by atoms with van der Waals surface area (Å²) in [6.45, 7) is 5.16. The average molecular weight is 446 g/mol. The fraction of sp³-hybridized carbons (Fsp3) is 0.524. The molecule has 0 amide bonds. The van der Waals surface area contributed by atoms with E-state index in [-0.39, 0.29) is 23.4 Å². The van der Waals surface area contributed by atoms with E-state index in [1.807, 2.05) is 38.2 Å². The molecule has 1 aliphatic carbocycles. The van der Waals surface area contributed by atoms with Gasteiger partial charge in [0, 0.05) is 36.3 Å². The molecule has 2 aromatic heterocycles. The van der Waals surface area contributed by atoms with Crippen LogP contribution in [-0.4, -0.2) is 46.6 Å². The van der Waals surface area contributed by atoms with Crippen molar-refractivity contribution in [2.24, 2.45) is 17.0 Å². The Morgan fingerprint density at radius 3 is 2.68 bits per heavy atom. The van der Waals surface area contributed by atoms with Crippen molar-refractivity contribution in [3.8, 4) is 5.75 Å². The van der Waals surface area contributed by atoms with Crippen LogP contribution >= 0.6 is 0 Å². The Morgan fingerprint density at radius 2 is 2.06 bits per heavy atom. The molecule has 9 nitrogen and oxygen atoms in total. The largest absolute Gasteiger partial charge is 0.494 e. The molecule has 3 atom stereocenters. The molecule has 31 heavy (non-hydrogen) atoms. The summed E-state index contributed by atoms with van der Waals surface area (Å²) in [7, 11) is -2.06. The van der Waals surface area contributed by atoms with Gasteiger partial charge in [-0.3, -0.25) is 4.79 Å². The lowest BCUT2D eigenvalue weighted by Crippen LogP contribution is -2.44. The highest BCUT2D eigenvalue weighted by Gasteiger charge is 2.48. The minimum atomic E-state index is -3.66. The van der Waals surface area contributed by atoms with E-state index in [0.29, 0.717) is 35.8 Å². The molecule has 1 aromatic carbocycles. The highest BCUT2D eigenvalue weighted by atomic mass is 32.2. The molecule has 2 aliphatic rings. The van der Waals surface area contributed by atoms with Crippen molar-refractivity contribution in [1.82, 2.24) is 18.5 Å². The third kappa shape index (κ3) is 3.16. The van der Waals surface area contributed by atoms with E-state index >= 15 is 0 Å². The van der Waals surface area contributed by atoms with Crippen molar-refractivity contribution >= 4 is 26.8 Å². The molecule has 0 unspecified atom stereocenters. The number of hydrogen-bond donors (Lipinski definition) is 1. The lowest BCUT2D eigenvalue weighted by molar-refractivity contribution is 0.243. The van der Waals surface area contributed by atoms with Gasteiger partial charge in [-0.2, -0.15) is 22.3 Å². The van der Waals surface area contributed by atoms with Crippen molar-refractivity contribution < 1.29 is 13.2 Å². The number of piperidine rings is 1. The minimum absolute atomic E-state index is 0.0354. The van der Waals surface area contributed by atoms with Crippen molar-refractivity contribution in [2.45, 2.75) is 45.2 Å². The van der Waals surface area contributed by atoms with Crippen LogP contribution in [0.5, 0.6) is 5.75 Å². The molecule has 1 saturated heterocycles. The molecule has 10 heteroatoms. The first kappa shape index (κ1) is 20.5. The molecule has 3 heterocycles. The van der Waals surface area contributed by atoms with E-state index in [1.54, 1.807) is 7.11 Å². The molecule has 3 aromatic rings. The topological polar surface area (TPSA) is 112 Å². The van der Waals surface area contributed by atoms with Crippen LogP contribution in [0.2, 0.25) is 0 Å². The molecule has 0 spiro atoms. The molecule has 166 valence electrons. The summed E-state index contributed by atoms with van der Waals surface area (Å²) in [5.74, 6) is 1.25. The first-order valence-electron chi connectivity index (χ1n) is 10.6. The van der Waals surface area contributed by atoms with E-state index in [2.05, 4.69) is 9.67 Å². The van der Waals surface area contributed by atoms with Gasteiger partial charge in [-0.05, 0) is 42.7 Å². The maximum absolute atomic E-state index is 13.2. The number of fused-ring (bicyclic) bond motifs is 5. The standard InChI is InChI=1S/C21H27N5O4S/c1-12(2)17-11-24(9-13-7-15-8-14(13)10-25(15)31(22,28)29)20-16-5-4-6-18(30-3)19(16)23-26(20)21(17)27/h4-6,11-15H,7-10H2,1-3H3,(H2,22,28,29)/t13-,14-,15+/m1/s1. The molecule has 2 N–H and O–H groups in total. The van der Waals surface area contributed by atoms with E-state index in [9.17, 15) is 13.2 Å². The van der Waals surface area contributed by atoms with Crippen LogP contribution in [0, 0.1) is 11.8 Å². The van der Waals surface area contributed by atoms with Gasteiger partial charge in [0.05, 0.1) is 7.11 Å². The Labute approximate surface area is 180 Å². The second kappa shape index (κ2) is 7.04. The normalized spacial score (nSPS) is 24.1. The fourth-order valence-electron chi connectivity index (χ4n) is 5.40. The summed E-state index contributed by atoms with van der Waals surface area (Å²) in [5, 5.41) is 10.9. The van der Waals surface area contributed by atoms with Crippen LogP contribution < -0.4 is 15.4 Å². The second-order valence-corrected chi connectivity index (χ2v) is 10.5. The van der Waals surface area contributed by atoms with Crippen molar-refractivity contribution in [3.63, 3.8) is 0 Å². The Hall–Kier alpha value is -2.43. The molecular weight excluding hydrogens is 418 g/mol. The summed E-state index contributed by atoms with van der Waals surface area (Å²) in [5.41, 5.74) is 1.99. The Kier molecular flexibility index (Phi) is 4.65. The number of aromatic nitrogens is 3. The molecule has 5 rings (SSSR count). The zero-order valence-corrected chi connectivity index (χ0v) is 18.7. The van der Waals surface area contributed by atoms with Gasteiger partial charge < -0.3 is 9.30 Å². The number of nitrogens with two attached hydrogens (primary N) is 1. The van der Waals surface area contributed by atoms with Crippen LogP contribution in [0.4, 0.5) is 0 Å². The van der Waals surface area contributed by atoms with Crippen molar-refractivity contribution in [2.75, 3.05) is 13.7 Å². The highest BCUT2D eigenvalue weighted by Crippen LogP contribution is 2.44. The van der Waals surface area contributed by atoms with Gasteiger partial charge in [0.2, 0.25) is 0 Å². The lowest BCUT2D eigenvalue weighted by atomic mass is 9.95. The summed E-state index contributed by atoms with van der Waals surface area (Å²) < 4.78 is 34.2. The third-order valence-electron chi connectivity index (χ3n) is 6.88. The number of rotatable bonds is 5. The van der Waals surface area contributed by atoms with Gasteiger partial charge >= 0.3 is 0 Å². The molecule has 2 fully saturated rings. The second-order valence-electron chi connectivity index (χ2n) is 9.05. The SMILES string of the molecule is COc1cccc2c1nn1c(=O)c(C(C)C)cn(C[C@H]3C[C@H]4C[C@@H]3CN4S(N)(=O)=O)c21. The van der Waals surface area contributed by atoms with E-state index in [1.165, 1.54) is 8.82 Å². The summed E-state index contributed by atoms with van der Waals surface area (Å²) in [6, 6.07) is 5.65. The predicted octanol–water partition coefficient (Wildman–Crippen LogP) is 1.70. The average Bonchev–Trinajstić information content (AvgIpc) is 3.41. The van der Waals surface area contributed by atoms with Gasteiger partial charge in [0.25, 0.3) is 15.8 Å². The number of nitrogens with zero attached hydrogens (tertiary/aromatic N) is 4. The molecule has 1 saturated carbocycles. The highest BCUT2D eigenvalue weighted by molar-refractivity contribution is 7.86. The van der Waals surface area contributed by atoms with E-state index in [0.717, 1.165) is 23.9 Å². The predicted molar refractivity (Wildman–Crippen MR) is 117 cm³/mol. The lowest BCUT2D eigenvalue weighted by Gasteiger charge is -2.30. The fourth-order valence-corrected chi connectivity index (χ4v) is 6.39. The monoisotopic (exact) mass is 445 g/mol. The third-order valence-corrected chi connectivity index (χ3v) is 7.99. The first-order chi connectivity index (χ1) is 14.7. The van der Waals surface area contributed by atoms with Crippen molar-refractivity contribution in [3.05, 3.63) is 40.3 Å². The number of benzene rings is 1. The molecule has 2 bridgehead atoms. The molecular formula is C21H27N5O4S. The van der Waals surface area contributed by atoms with Gasteiger partial charge in [-0.15, -0.1) is 0 Å². The quantitative estimate of drug-likeness (QED) is 0.642. The molecule has 0 radical (unpaired) electrons. The number of ether oxygens (including phenoxy) is 1. The van der Waals surface area contributed by atoms with Gasteiger partial charge in [-0.25, -0.2) is 5.14 Å². The Balaban J connectivity index is 1.62. The first-order valence-corrected chi connectivity index (χ1v) is 12.1. The van der Waals surface area contributed by atoms with Crippen LogP contribution in [0.1, 0.15) is 38.2 Å². The maximum atomic E-state index is 13.2. The summed E-state index contributed by atoms with van der Waals surface area (Å²) in [6.07, 6.45) is 3.56. The van der Waals surface area contributed by atoms with E-state index in [4.69, 9.17) is 9.88 Å². The van der Waals surface area contributed by atoms with Gasteiger partial charge in [0.15, 0.2) is 0 Å². The van der Waals surface area contributed by atoms with Crippen LogP contribution in [0.3, 0.4) is 0 Å². The number of hydrogen-bond acceptors (Lipinski definition) is 5. The minimum Gasteiger partial charge on any atom is -0.494 e. The zero-order valence-electron chi connectivity index (χ0n) is 17.9. The summed E-state index contributed by atoms with van der Waals surface area (Å²) in [4.78, 5) is 13.2. The van der Waals surface area contributed by atoms with E-state index < -0.39 is 10.2 Å². The van der Waals surface area contributed by atoms with Crippen LogP contribution in [0.25, 0.3) is 16.6 Å². The van der Waals surface area contributed by atoms with Gasteiger partial charge in [0.1, 0.15) is 16.9 Å². The van der Waals surface area contributed by atoms with Crippen molar-refractivity contribution in [1.29, 1.82) is 0 Å². The van der Waals surface area contributed by atoms with Crippen LogP contribution in [0.15, 0.2) is 29.2 Å². The van der Waals surface area contributed by atoms with Crippen LogP contribution in [-0.2, 0) is 16.8 Å². The Morgan fingerprint density at radius 1 is 1.29 bits per heavy atom. The zero-order chi connectivity index (χ0) is 22.1. The smallest absolute Gasteiger partial charge is 0.277 e. The molecule has 1 aliphatic heterocycles. The summed E-state index contributed by atoms with van der Waals surface area (Å²) >= 11 is 0. The Bertz CT molecular complexity index is 1340. The maximum Gasteiger partial charge on any atom is 0.277 e.